The summed E-state index contributed by atoms with van der Waals surface area (Å²) in [6, 6.07) is 6.30. The number of amides is 2. The molecular weight excluding hydrogens is 402 g/mol. The van der Waals surface area contributed by atoms with Crippen molar-refractivity contribution < 1.29 is 18.0 Å². The van der Waals surface area contributed by atoms with Crippen LogP contribution in [0.15, 0.2) is 24.3 Å². The summed E-state index contributed by atoms with van der Waals surface area (Å²) in [7, 11) is -1.35. The van der Waals surface area contributed by atoms with Gasteiger partial charge in [0.2, 0.25) is 5.91 Å². The molecule has 0 bridgehead atoms. The van der Waals surface area contributed by atoms with E-state index in [1.165, 1.54) is 0 Å². The first-order valence-electron chi connectivity index (χ1n) is 9.44. The van der Waals surface area contributed by atoms with Crippen LogP contribution in [0.4, 0.5) is 0 Å². The molecule has 28 heavy (non-hydrogen) atoms. The molecule has 0 saturated carbocycles. The van der Waals surface area contributed by atoms with Gasteiger partial charge in [-0.05, 0) is 31.5 Å². The lowest BCUT2D eigenvalue weighted by molar-refractivity contribution is -0.137. The fraction of sp³-hybridized carbons (Fsp3) is 0.579. The predicted molar refractivity (Wildman–Crippen MR) is 108 cm³/mol. The van der Waals surface area contributed by atoms with Gasteiger partial charge in [0.25, 0.3) is 5.91 Å². The first-order chi connectivity index (χ1) is 13.2. The SMILES string of the molecule is CC(C(=O)N(C)C1CCS(=O)(=O)C1)N1CCN(C(=O)c2cccc(Cl)c2)CC1. The van der Waals surface area contributed by atoms with Crippen molar-refractivity contribution in [2.45, 2.75) is 25.4 Å². The second-order valence-electron chi connectivity index (χ2n) is 7.52. The molecule has 2 aliphatic heterocycles. The van der Waals surface area contributed by atoms with Gasteiger partial charge in [-0.2, -0.15) is 0 Å². The summed E-state index contributed by atoms with van der Waals surface area (Å²) >= 11 is 5.97. The number of benzene rings is 1. The van der Waals surface area contributed by atoms with Gasteiger partial charge in [-0.1, -0.05) is 17.7 Å². The predicted octanol–water partition coefficient (Wildman–Crippen LogP) is 1.13. The van der Waals surface area contributed by atoms with E-state index in [4.69, 9.17) is 11.6 Å². The maximum Gasteiger partial charge on any atom is 0.253 e. The summed E-state index contributed by atoms with van der Waals surface area (Å²) < 4.78 is 23.4. The Kier molecular flexibility index (Phi) is 6.31. The average molecular weight is 428 g/mol. The quantitative estimate of drug-likeness (QED) is 0.719. The summed E-state index contributed by atoms with van der Waals surface area (Å²) in [4.78, 5) is 30.8. The minimum atomic E-state index is -3.03. The van der Waals surface area contributed by atoms with Gasteiger partial charge in [-0.15, -0.1) is 0 Å². The third-order valence-corrected chi connectivity index (χ3v) is 7.67. The number of carbonyl (C=O) groups is 2. The van der Waals surface area contributed by atoms with Crippen molar-refractivity contribution in [3.63, 3.8) is 0 Å². The zero-order chi connectivity index (χ0) is 20.5. The summed E-state index contributed by atoms with van der Waals surface area (Å²) in [6.07, 6.45) is 0.499. The van der Waals surface area contributed by atoms with Gasteiger partial charge >= 0.3 is 0 Å². The van der Waals surface area contributed by atoms with Crippen molar-refractivity contribution in [1.29, 1.82) is 0 Å². The van der Waals surface area contributed by atoms with Crippen LogP contribution in [0.1, 0.15) is 23.7 Å². The lowest BCUT2D eigenvalue weighted by Crippen LogP contribution is -2.56. The number of halogens is 1. The molecule has 2 atom stereocenters. The van der Waals surface area contributed by atoms with Crippen molar-refractivity contribution in [3.8, 4) is 0 Å². The van der Waals surface area contributed by atoms with Gasteiger partial charge < -0.3 is 9.80 Å². The number of carbonyl (C=O) groups excluding carboxylic acids is 2. The number of piperazine rings is 1. The van der Waals surface area contributed by atoms with Gasteiger partial charge in [0.15, 0.2) is 9.84 Å². The maximum atomic E-state index is 12.8. The topological polar surface area (TPSA) is 78.0 Å². The molecule has 1 aromatic rings. The van der Waals surface area contributed by atoms with Crippen LogP contribution in [0, 0.1) is 0 Å². The zero-order valence-corrected chi connectivity index (χ0v) is 17.7. The van der Waals surface area contributed by atoms with E-state index in [1.54, 1.807) is 41.1 Å². The molecule has 2 amide bonds. The van der Waals surface area contributed by atoms with E-state index in [0.29, 0.717) is 43.2 Å². The van der Waals surface area contributed by atoms with E-state index in [1.807, 2.05) is 11.8 Å². The monoisotopic (exact) mass is 427 g/mol. The van der Waals surface area contributed by atoms with Crippen molar-refractivity contribution >= 4 is 33.3 Å². The van der Waals surface area contributed by atoms with Crippen LogP contribution < -0.4 is 0 Å². The van der Waals surface area contributed by atoms with Crippen LogP contribution in [-0.4, -0.2) is 91.7 Å². The van der Waals surface area contributed by atoms with E-state index >= 15 is 0 Å². The van der Waals surface area contributed by atoms with Gasteiger partial charge in [0.1, 0.15) is 0 Å². The van der Waals surface area contributed by atoms with Gasteiger partial charge in [-0.3, -0.25) is 14.5 Å². The lowest BCUT2D eigenvalue weighted by atomic mass is 10.1. The van der Waals surface area contributed by atoms with Crippen molar-refractivity contribution in [2.24, 2.45) is 0 Å². The van der Waals surface area contributed by atoms with Gasteiger partial charge in [-0.25, -0.2) is 8.42 Å². The molecular formula is C19H26ClN3O4S. The normalized spacial score (nSPS) is 23.4. The minimum Gasteiger partial charge on any atom is -0.340 e. The Morgan fingerprint density at radius 2 is 1.89 bits per heavy atom. The molecule has 1 aromatic carbocycles. The summed E-state index contributed by atoms with van der Waals surface area (Å²) in [5.41, 5.74) is 0.562. The van der Waals surface area contributed by atoms with Crippen molar-refractivity contribution in [1.82, 2.24) is 14.7 Å². The molecule has 2 saturated heterocycles. The fourth-order valence-electron chi connectivity index (χ4n) is 3.83. The summed E-state index contributed by atoms with van der Waals surface area (Å²) in [5.74, 6) is 0.0591. The first-order valence-corrected chi connectivity index (χ1v) is 11.6. The smallest absolute Gasteiger partial charge is 0.253 e. The van der Waals surface area contributed by atoms with E-state index in [9.17, 15) is 18.0 Å². The van der Waals surface area contributed by atoms with E-state index in [0.717, 1.165) is 0 Å². The minimum absolute atomic E-state index is 0.0455. The molecule has 0 aromatic heterocycles. The highest BCUT2D eigenvalue weighted by molar-refractivity contribution is 7.91. The second kappa shape index (κ2) is 8.39. The van der Waals surface area contributed by atoms with E-state index in [-0.39, 0.29) is 35.4 Å². The van der Waals surface area contributed by atoms with E-state index < -0.39 is 9.84 Å². The Bertz CT molecular complexity index is 852. The highest BCUT2D eigenvalue weighted by Gasteiger charge is 2.36. The Balaban J connectivity index is 1.55. The largest absolute Gasteiger partial charge is 0.340 e. The number of rotatable bonds is 4. The first kappa shape index (κ1) is 21.1. The van der Waals surface area contributed by atoms with Crippen LogP contribution in [0.25, 0.3) is 0 Å². The molecule has 2 fully saturated rings. The molecule has 3 rings (SSSR count). The highest BCUT2D eigenvalue weighted by atomic mass is 35.5. The summed E-state index contributed by atoms with van der Waals surface area (Å²) in [5, 5.41) is 0.528. The number of likely N-dealkylation sites (N-methyl/N-ethyl adjacent to an activating group) is 1. The fourth-order valence-corrected chi connectivity index (χ4v) is 5.79. The molecule has 0 spiro atoms. The maximum absolute atomic E-state index is 12.8. The number of nitrogens with zero attached hydrogens (tertiary/aromatic N) is 3. The third kappa shape index (κ3) is 4.67. The molecule has 0 aliphatic carbocycles. The summed E-state index contributed by atoms with van der Waals surface area (Å²) in [6.45, 7) is 4.09. The second-order valence-corrected chi connectivity index (χ2v) is 10.2. The number of hydrogen-bond acceptors (Lipinski definition) is 5. The highest BCUT2D eigenvalue weighted by Crippen LogP contribution is 2.19. The molecule has 2 unspecified atom stereocenters. The van der Waals surface area contributed by atoms with Crippen LogP contribution in [0.3, 0.4) is 0 Å². The molecule has 2 heterocycles. The standard InChI is InChI=1S/C19H26ClN3O4S/c1-14(18(24)21(2)17-6-11-28(26,27)13-17)22-7-9-23(10-8-22)19(25)15-4-3-5-16(20)12-15/h3-5,12,14,17H,6-11,13H2,1-2H3. The van der Waals surface area contributed by atoms with Gasteiger partial charge in [0, 0.05) is 49.9 Å². The molecule has 0 N–H and O–H groups in total. The lowest BCUT2D eigenvalue weighted by Gasteiger charge is -2.39. The molecule has 0 radical (unpaired) electrons. The molecule has 154 valence electrons. The molecule has 7 nitrogen and oxygen atoms in total. The van der Waals surface area contributed by atoms with Crippen molar-refractivity contribution in [3.05, 3.63) is 34.9 Å². The van der Waals surface area contributed by atoms with Gasteiger partial charge in [0.05, 0.1) is 17.5 Å². The van der Waals surface area contributed by atoms with Crippen LogP contribution in [-0.2, 0) is 14.6 Å². The Morgan fingerprint density at radius 1 is 1.21 bits per heavy atom. The Labute approximate surface area is 171 Å². The third-order valence-electron chi connectivity index (χ3n) is 5.68. The van der Waals surface area contributed by atoms with E-state index in [2.05, 4.69) is 0 Å². The van der Waals surface area contributed by atoms with Crippen LogP contribution in [0.5, 0.6) is 0 Å². The Hall–Kier alpha value is -1.64. The average Bonchev–Trinajstić information content (AvgIpc) is 3.05. The van der Waals surface area contributed by atoms with Crippen molar-refractivity contribution in [2.75, 3.05) is 44.7 Å². The molecule has 2 aliphatic rings. The Morgan fingerprint density at radius 3 is 2.46 bits per heavy atom. The number of sulfone groups is 1. The number of hydrogen-bond donors (Lipinski definition) is 0. The molecule has 9 heteroatoms. The van der Waals surface area contributed by atoms with Crippen LogP contribution in [0.2, 0.25) is 5.02 Å². The van der Waals surface area contributed by atoms with Crippen LogP contribution >= 0.6 is 11.6 Å². The zero-order valence-electron chi connectivity index (χ0n) is 16.2.